The maximum absolute atomic E-state index is 14.4. The van der Waals surface area contributed by atoms with Crippen LogP contribution in [0.15, 0.2) is 89.5 Å². The molecule has 260 valence electrons. The van der Waals surface area contributed by atoms with E-state index in [9.17, 15) is 55.2 Å². The summed E-state index contributed by atoms with van der Waals surface area (Å²) in [4.78, 5) is 49.9. The van der Waals surface area contributed by atoms with Crippen LogP contribution >= 0.6 is 11.8 Å². The molecule has 0 saturated heterocycles. The van der Waals surface area contributed by atoms with E-state index in [1.807, 2.05) is 0 Å². The number of carbonyl (C=O) groups excluding carboxylic acids is 3. The zero-order valence-electron chi connectivity index (χ0n) is 25.4. The van der Waals surface area contributed by atoms with E-state index in [1.54, 1.807) is 23.5 Å². The second-order valence-electron chi connectivity index (χ2n) is 10.2. The molecule has 9 nitrogen and oxygen atoms in total. The van der Waals surface area contributed by atoms with Gasteiger partial charge in [0.15, 0.2) is 23.3 Å². The average Bonchev–Trinajstić information content (AvgIpc) is 3.08. The van der Waals surface area contributed by atoms with Crippen LogP contribution < -0.4 is 16.0 Å². The van der Waals surface area contributed by atoms with E-state index in [0.29, 0.717) is 10.5 Å². The van der Waals surface area contributed by atoms with E-state index in [0.717, 1.165) is 11.8 Å². The minimum absolute atomic E-state index is 0.0322. The number of anilines is 2. The highest BCUT2D eigenvalue weighted by atomic mass is 32.2. The maximum atomic E-state index is 14.4. The van der Waals surface area contributed by atoms with Gasteiger partial charge in [0.25, 0.3) is 17.5 Å². The summed E-state index contributed by atoms with van der Waals surface area (Å²) in [7, 11) is 0. The molecule has 1 atom stereocenters. The summed E-state index contributed by atoms with van der Waals surface area (Å²) in [5.74, 6) is -13.0. The first-order valence-corrected chi connectivity index (χ1v) is 15.1. The Kier molecular flexibility index (Phi) is 11.6. The maximum Gasteiger partial charge on any atom is 0.422 e. The number of amides is 3. The third-order valence-corrected chi connectivity index (χ3v) is 8.13. The number of nitrogens with zero attached hydrogens (tertiary/aromatic N) is 1. The molecule has 4 aromatic rings. The first kappa shape index (κ1) is 37.1. The summed E-state index contributed by atoms with van der Waals surface area (Å²) < 4.78 is 95.7. The zero-order chi connectivity index (χ0) is 36.7. The average molecular weight is 721 g/mol. The van der Waals surface area contributed by atoms with Crippen molar-refractivity contribution in [1.29, 1.82) is 0 Å². The lowest BCUT2D eigenvalue weighted by molar-refractivity contribution is -0.384. The summed E-state index contributed by atoms with van der Waals surface area (Å²) in [6.45, 7) is 1.48. The number of halogens is 7. The predicted octanol–water partition coefficient (Wildman–Crippen LogP) is 8.09. The Morgan fingerprint density at radius 1 is 0.860 bits per heavy atom. The molecular weight excluding hydrogens is 697 g/mol. The first-order chi connectivity index (χ1) is 23.6. The molecule has 0 aliphatic rings. The van der Waals surface area contributed by atoms with Gasteiger partial charge in [-0.25, -0.2) is 17.6 Å². The van der Waals surface area contributed by atoms with Crippen molar-refractivity contribution < 1.29 is 50.0 Å². The topological polar surface area (TPSA) is 130 Å². The summed E-state index contributed by atoms with van der Waals surface area (Å²) in [5.41, 5.74) is -4.28. The van der Waals surface area contributed by atoms with E-state index < -0.39 is 68.6 Å². The highest BCUT2D eigenvalue weighted by molar-refractivity contribution is 8.00. The van der Waals surface area contributed by atoms with E-state index in [4.69, 9.17) is 0 Å². The largest absolute Gasteiger partial charge is 0.422 e. The van der Waals surface area contributed by atoms with Gasteiger partial charge in [-0.05, 0) is 60.5 Å². The number of benzene rings is 4. The molecule has 1 unspecified atom stereocenters. The van der Waals surface area contributed by atoms with Crippen LogP contribution in [0.3, 0.4) is 0 Å². The standard InChI is InChI=1S/C33H23F7N4O5S/c1-2-23(32(47)43-29-27(36)25(34)24(33(38,39)40)26(35)28(29)37)50-21-10-6-9-19(16-21)41-31(46)22(42-30(45)18-7-4-3-5-8-18)15-17-11-13-20(14-12-17)44(48)49/h3-16,23H,2H2,1H3,(H,41,46)(H,42,45)(H,43,47)/b22-15+. The van der Waals surface area contributed by atoms with Crippen LogP contribution in [-0.2, 0) is 15.8 Å². The van der Waals surface area contributed by atoms with Gasteiger partial charge >= 0.3 is 6.18 Å². The minimum atomic E-state index is -5.75. The summed E-state index contributed by atoms with van der Waals surface area (Å²) in [6.07, 6.45) is -4.51. The third kappa shape index (κ3) is 8.84. The van der Waals surface area contributed by atoms with Gasteiger partial charge in [0.2, 0.25) is 5.91 Å². The van der Waals surface area contributed by atoms with Gasteiger partial charge in [-0.3, -0.25) is 24.5 Å². The van der Waals surface area contributed by atoms with Crippen molar-refractivity contribution in [3.63, 3.8) is 0 Å². The van der Waals surface area contributed by atoms with Crippen LogP contribution in [0.25, 0.3) is 6.08 Å². The van der Waals surface area contributed by atoms with Crippen LogP contribution in [0, 0.1) is 33.4 Å². The fraction of sp³-hybridized carbons (Fsp3) is 0.121. The molecule has 0 fully saturated rings. The van der Waals surface area contributed by atoms with E-state index in [-0.39, 0.29) is 29.1 Å². The van der Waals surface area contributed by atoms with E-state index in [1.165, 1.54) is 73.7 Å². The molecule has 0 heterocycles. The number of alkyl halides is 3. The lowest BCUT2D eigenvalue weighted by atomic mass is 10.1. The van der Waals surface area contributed by atoms with Crippen molar-refractivity contribution in [1.82, 2.24) is 5.32 Å². The molecular formula is C33H23F7N4O5S. The molecule has 3 amide bonds. The van der Waals surface area contributed by atoms with Gasteiger partial charge in [-0.2, -0.15) is 13.2 Å². The van der Waals surface area contributed by atoms with Crippen molar-refractivity contribution in [3.05, 3.63) is 135 Å². The highest BCUT2D eigenvalue weighted by Gasteiger charge is 2.42. The van der Waals surface area contributed by atoms with Crippen LogP contribution in [-0.4, -0.2) is 27.9 Å². The van der Waals surface area contributed by atoms with Gasteiger partial charge in [0, 0.05) is 28.3 Å². The SMILES string of the molecule is CCC(Sc1cccc(NC(=O)/C(=C\c2ccc([N+](=O)[O-])cc2)NC(=O)c2ccccc2)c1)C(=O)Nc1c(F)c(F)c(C(F)(F)F)c(F)c1F. The second kappa shape index (κ2) is 15.7. The number of carbonyl (C=O) groups is 3. The molecule has 0 saturated carbocycles. The molecule has 3 N–H and O–H groups in total. The molecule has 50 heavy (non-hydrogen) atoms. The number of nitro benzene ring substituents is 1. The number of nitro groups is 1. The van der Waals surface area contributed by atoms with Crippen molar-refractivity contribution in [2.45, 2.75) is 29.7 Å². The van der Waals surface area contributed by atoms with Crippen LogP contribution in [0.5, 0.6) is 0 Å². The normalized spacial score (nSPS) is 12.2. The predicted molar refractivity (Wildman–Crippen MR) is 170 cm³/mol. The van der Waals surface area contributed by atoms with Gasteiger partial charge in [0.05, 0.1) is 10.2 Å². The second-order valence-corrected chi connectivity index (χ2v) is 11.5. The quantitative estimate of drug-likeness (QED) is 0.0359. The van der Waals surface area contributed by atoms with Gasteiger partial charge in [-0.15, -0.1) is 11.8 Å². The summed E-state index contributed by atoms with van der Waals surface area (Å²) in [5, 5.41) is 16.5. The number of hydrogen-bond donors (Lipinski definition) is 3. The number of nitrogens with one attached hydrogen (secondary N) is 3. The van der Waals surface area contributed by atoms with Gasteiger partial charge < -0.3 is 16.0 Å². The Labute approximate surface area is 282 Å². The van der Waals surface area contributed by atoms with Crippen molar-refractivity contribution in [2.24, 2.45) is 0 Å². The fourth-order valence-electron chi connectivity index (χ4n) is 4.33. The summed E-state index contributed by atoms with van der Waals surface area (Å²) >= 11 is 0.792. The zero-order valence-corrected chi connectivity index (χ0v) is 26.2. The smallest absolute Gasteiger partial charge is 0.321 e. The van der Waals surface area contributed by atoms with Crippen molar-refractivity contribution >= 4 is 52.6 Å². The Bertz CT molecular complexity index is 1940. The Morgan fingerprint density at radius 2 is 1.48 bits per heavy atom. The molecule has 4 aromatic carbocycles. The molecule has 17 heteroatoms. The fourth-order valence-corrected chi connectivity index (χ4v) is 5.34. The van der Waals surface area contributed by atoms with Crippen LogP contribution in [0.1, 0.15) is 34.8 Å². The lowest BCUT2D eigenvalue weighted by Crippen LogP contribution is -2.30. The first-order valence-electron chi connectivity index (χ1n) is 14.2. The van der Waals surface area contributed by atoms with Gasteiger partial charge in [-0.1, -0.05) is 31.2 Å². The molecule has 0 bridgehead atoms. The molecule has 0 aliphatic heterocycles. The molecule has 0 spiro atoms. The number of non-ortho nitro benzene ring substituents is 1. The number of thioether (sulfide) groups is 1. The van der Waals surface area contributed by atoms with Crippen LogP contribution in [0.4, 0.5) is 47.8 Å². The monoisotopic (exact) mass is 720 g/mol. The number of rotatable bonds is 11. The Morgan fingerprint density at radius 3 is 2.04 bits per heavy atom. The molecule has 4 rings (SSSR count). The Balaban J connectivity index is 1.55. The highest BCUT2D eigenvalue weighted by Crippen LogP contribution is 2.39. The number of hydrogen-bond acceptors (Lipinski definition) is 6. The Hall–Kier alpha value is -5.71. The van der Waals surface area contributed by atoms with Crippen molar-refractivity contribution in [2.75, 3.05) is 10.6 Å². The minimum Gasteiger partial charge on any atom is -0.321 e. The van der Waals surface area contributed by atoms with Crippen LogP contribution in [0.2, 0.25) is 0 Å². The van der Waals surface area contributed by atoms with Gasteiger partial charge in [0.1, 0.15) is 16.9 Å². The molecule has 0 aliphatic carbocycles. The summed E-state index contributed by atoms with van der Waals surface area (Å²) in [6, 6.07) is 18.8. The van der Waals surface area contributed by atoms with E-state index in [2.05, 4.69) is 10.6 Å². The molecule has 0 radical (unpaired) electrons. The molecule has 0 aromatic heterocycles. The lowest BCUT2D eigenvalue weighted by Gasteiger charge is -2.18. The van der Waals surface area contributed by atoms with Crippen molar-refractivity contribution in [3.8, 4) is 0 Å². The van der Waals surface area contributed by atoms with E-state index >= 15 is 0 Å². The third-order valence-electron chi connectivity index (χ3n) is 6.77.